The van der Waals surface area contributed by atoms with Gasteiger partial charge in [0.25, 0.3) is 11.8 Å². The van der Waals surface area contributed by atoms with Gasteiger partial charge in [0.1, 0.15) is 5.75 Å². The van der Waals surface area contributed by atoms with Crippen molar-refractivity contribution in [2.24, 2.45) is 5.10 Å². The standard InChI is InChI=1S/C22H15Cl3N4O4S2/c1-10(13-9-34-20(19(13)30)11-2-3-14(23)15(24)6-11)27-28-22(32)17-5-4-16(35-17)21(31)26-8-12-7-18(25)29-33-12/h2-7,9,30H,8H2,1H3,(H,26,31)(H,28,32)/b27-10+. The van der Waals surface area contributed by atoms with Gasteiger partial charge in [-0.2, -0.15) is 5.10 Å². The van der Waals surface area contributed by atoms with Crippen molar-refractivity contribution in [2.75, 3.05) is 0 Å². The first kappa shape index (κ1) is 25.2. The number of hydrazone groups is 1. The van der Waals surface area contributed by atoms with Crippen molar-refractivity contribution < 1.29 is 19.2 Å². The zero-order valence-electron chi connectivity index (χ0n) is 17.8. The summed E-state index contributed by atoms with van der Waals surface area (Å²) >= 11 is 20.0. The van der Waals surface area contributed by atoms with Crippen LogP contribution in [0.5, 0.6) is 5.75 Å². The molecule has 0 bridgehead atoms. The van der Waals surface area contributed by atoms with Crippen LogP contribution in [0, 0.1) is 0 Å². The maximum absolute atomic E-state index is 12.5. The first-order chi connectivity index (χ1) is 16.7. The molecule has 3 heterocycles. The average Bonchev–Trinajstić information content (AvgIpc) is 3.57. The van der Waals surface area contributed by atoms with Crippen LogP contribution >= 0.6 is 57.5 Å². The summed E-state index contributed by atoms with van der Waals surface area (Å²) in [5.74, 6) is -0.442. The maximum atomic E-state index is 12.5. The summed E-state index contributed by atoms with van der Waals surface area (Å²) in [6, 6.07) is 9.62. The van der Waals surface area contributed by atoms with Crippen LogP contribution in [0.4, 0.5) is 0 Å². The average molecular weight is 570 g/mol. The van der Waals surface area contributed by atoms with E-state index in [4.69, 9.17) is 39.3 Å². The van der Waals surface area contributed by atoms with Gasteiger partial charge >= 0.3 is 0 Å². The molecule has 0 aliphatic rings. The van der Waals surface area contributed by atoms with Crippen LogP contribution in [0.25, 0.3) is 10.4 Å². The fourth-order valence-corrected chi connectivity index (χ4v) is 5.18. The summed E-state index contributed by atoms with van der Waals surface area (Å²) in [4.78, 5) is 26.1. The molecule has 3 N–H and O–H groups in total. The van der Waals surface area contributed by atoms with E-state index in [-0.39, 0.29) is 23.4 Å². The molecule has 0 spiro atoms. The van der Waals surface area contributed by atoms with Gasteiger partial charge in [-0.05, 0) is 36.8 Å². The van der Waals surface area contributed by atoms with Crippen molar-refractivity contribution in [1.29, 1.82) is 0 Å². The molecular formula is C22H15Cl3N4O4S2. The number of nitrogens with one attached hydrogen (secondary N) is 2. The minimum atomic E-state index is -0.491. The second kappa shape index (κ2) is 10.8. The number of amides is 2. The topological polar surface area (TPSA) is 117 Å². The molecule has 4 aromatic rings. The number of hydrogen-bond donors (Lipinski definition) is 3. The van der Waals surface area contributed by atoms with Gasteiger partial charge in [0.15, 0.2) is 10.9 Å². The van der Waals surface area contributed by atoms with Gasteiger partial charge in [0.05, 0.1) is 42.5 Å². The van der Waals surface area contributed by atoms with E-state index in [1.54, 1.807) is 30.5 Å². The molecule has 0 saturated heterocycles. The molecule has 35 heavy (non-hydrogen) atoms. The van der Waals surface area contributed by atoms with E-state index in [1.165, 1.54) is 29.5 Å². The van der Waals surface area contributed by atoms with E-state index in [2.05, 4.69) is 21.0 Å². The molecule has 0 fully saturated rings. The van der Waals surface area contributed by atoms with Crippen LogP contribution in [0.15, 0.2) is 51.4 Å². The van der Waals surface area contributed by atoms with E-state index in [0.29, 0.717) is 47.3 Å². The minimum Gasteiger partial charge on any atom is -0.506 e. The van der Waals surface area contributed by atoms with E-state index >= 15 is 0 Å². The number of carbonyl (C=O) groups excluding carboxylic acids is 2. The summed E-state index contributed by atoms with van der Waals surface area (Å²) in [6.45, 7) is 1.76. The molecule has 0 aliphatic carbocycles. The summed E-state index contributed by atoms with van der Waals surface area (Å²) < 4.78 is 4.93. The van der Waals surface area contributed by atoms with E-state index < -0.39 is 5.91 Å². The van der Waals surface area contributed by atoms with Gasteiger partial charge in [0.2, 0.25) is 0 Å². The van der Waals surface area contributed by atoms with Crippen LogP contribution < -0.4 is 10.7 Å². The van der Waals surface area contributed by atoms with Gasteiger partial charge in [-0.3, -0.25) is 9.59 Å². The number of aromatic hydroxyl groups is 1. The molecule has 0 radical (unpaired) electrons. The molecule has 0 aliphatic heterocycles. The Balaban J connectivity index is 1.40. The Morgan fingerprint density at radius 3 is 2.51 bits per heavy atom. The van der Waals surface area contributed by atoms with Crippen molar-refractivity contribution in [3.8, 4) is 16.2 Å². The lowest BCUT2D eigenvalue weighted by molar-refractivity contribution is 0.0947. The summed E-state index contributed by atoms with van der Waals surface area (Å²) in [5.41, 5.74) is 4.03. The first-order valence-corrected chi connectivity index (χ1v) is 12.7. The SMILES string of the molecule is C/C(=N\NC(=O)c1ccc(C(=O)NCc2cc(Cl)no2)s1)c1csc(-c2ccc(Cl)c(Cl)c2)c1O. The Morgan fingerprint density at radius 2 is 1.83 bits per heavy atom. The van der Waals surface area contributed by atoms with Crippen LogP contribution in [0.3, 0.4) is 0 Å². The fourth-order valence-electron chi connectivity index (χ4n) is 2.91. The smallest absolute Gasteiger partial charge is 0.281 e. The molecule has 0 unspecified atom stereocenters. The molecule has 2 amide bonds. The third-order valence-corrected chi connectivity index (χ3v) is 7.69. The van der Waals surface area contributed by atoms with Crippen molar-refractivity contribution >= 4 is 75.0 Å². The van der Waals surface area contributed by atoms with Gasteiger partial charge in [-0.1, -0.05) is 46.0 Å². The molecule has 4 rings (SSSR count). The van der Waals surface area contributed by atoms with Crippen molar-refractivity contribution in [3.05, 3.63) is 78.1 Å². The second-order valence-corrected chi connectivity index (χ2v) is 10.2. The fraction of sp³-hybridized carbons (Fsp3) is 0.0909. The highest BCUT2D eigenvalue weighted by Crippen LogP contribution is 2.40. The number of nitrogens with zero attached hydrogens (tertiary/aromatic N) is 2. The summed E-state index contributed by atoms with van der Waals surface area (Å²) in [6.07, 6.45) is 0. The Bertz CT molecular complexity index is 1440. The number of benzene rings is 1. The predicted molar refractivity (Wildman–Crippen MR) is 138 cm³/mol. The number of thiophene rings is 2. The van der Waals surface area contributed by atoms with E-state index in [9.17, 15) is 14.7 Å². The highest BCUT2D eigenvalue weighted by molar-refractivity contribution is 7.16. The predicted octanol–water partition coefficient (Wildman–Crippen LogP) is 6.21. The molecule has 1 aromatic carbocycles. The number of halogens is 3. The summed E-state index contributed by atoms with van der Waals surface area (Å²) in [7, 11) is 0. The van der Waals surface area contributed by atoms with Gasteiger partial charge in [-0.15, -0.1) is 22.7 Å². The zero-order valence-corrected chi connectivity index (χ0v) is 21.7. The van der Waals surface area contributed by atoms with Crippen molar-refractivity contribution in [1.82, 2.24) is 15.9 Å². The minimum absolute atomic E-state index is 0.0204. The Hall–Kier alpha value is -2.89. The number of rotatable bonds is 7. The van der Waals surface area contributed by atoms with Gasteiger partial charge < -0.3 is 14.9 Å². The zero-order chi connectivity index (χ0) is 25.1. The molecule has 0 saturated carbocycles. The Morgan fingerprint density at radius 1 is 1.09 bits per heavy atom. The monoisotopic (exact) mass is 568 g/mol. The Kier molecular flexibility index (Phi) is 7.78. The lowest BCUT2D eigenvalue weighted by atomic mass is 10.1. The maximum Gasteiger partial charge on any atom is 0.281 e. The first-order valence-electron chi connectivity index (χ1n) is 9.83. The largest absolute Gasteiger partial charge is 0.506 e. The summed E-state index contributed by atoms with van der Waals surface area (Å²) in [5, 5.41) is 23.7. The normalized spacial score (nSPS) is 11.5. The molecule has 3 aromatic heterocycles. The molecule has 8 nitrogen and oxygen atoms in total. The number of hydrogen-bond acceptors (Lipinski definition) is 8. The van der Waals surface area contributed by atoms with Crippen LogP contribution in [-0.2, 0) is 6.54 Å². The Labute approximate surface area is 222 Å². The highest BCUT2D eigenvalue weighted by Gasteiger charge is 2.17. The third kappa shape index (κ3) is 5.85. The van der Waals surface area contributed by atoms with Gasteiger partial charge in [-0.25, -0.2) is 5.43 Å². The van der Waals surface area contributed by atoms with E-state index in [0.717, 1.165) is 11.3 Å². The lowest BCUT2D eigenvalue weighted by Crippen LogP contribution is -2.21. The van der Waals surface area contributed by atoms with Crippen LogP contribution in [0.1, 0.15) is 37.6 Å². The molecule has 180 valence electrons. The van der Waals surface area contributed by atoms with Gasteiger partial charge in [0, 0.05) is 11.4 Å². The highest BCUT2D eigenvalue weighted by atomic mass is 35.5. The van der Waals surface area contributed by atoms with Crippen molar-refractivity contribution in [2.45, 2.75) is 13.5 Å². The van der Waals surface area contributed by atoms with Crippen molar-refractivity contribution in [3.63, 3.8) is 0 Å². The third-order valence-electron chi connectivity index (χ3n) is 4.67. The molecule has 0 atom stereocenters. The van der Waals surface area contributed by atoms with Crippen LogP contribution in [-0.4, -0.2) is 27.8 Å². The van der Waals surface area contributed by atoms with E-state index in [1.807, 2.05) is 0 Å². The quantitative estimate of drug-likeness (QED) is 0.181. The lowest BCUT2D eigenvalue weighted by Gasteiger charge is -2.04. The second-order valence-electron chi connectivity index (χ2n) is 7.06. The molecule has 13 heteroatoms. The number of aromatic nitrogens is 1. The van der Waals surface area contributed by atoms with Crippen LogP contribution in [0.2, 0.25) is 15.2 Å². The number of carbonyl (C=O) groups is 2. The molecular weight excluding hydrogens is 555 g/mol.